The lowest BCUT2D eigenvalue weighted by Gasteiger charge is -2.18. The van der Waals surface area contributed by atoms with Crippen LogP contribution in [0.15, 0.2) is 24.3 Å². The Labute approximate surface area is 90.3 Å². The van der Waals surface area contributed by atoms with E-state index in [1.165, 1.54) is 5.56 Å². The van der Waals surface area contributed by atoms with Crippen LogP contribution in [0.5, 0.6) is 0 Å². The van der Waals surface area contributed by atoms with Crippen LogP contribution in [0.25, 0.3) is 0 Å². The molecule has 0 radical (unpaired) electrons. The first-order chi connectivity index (χ1) is 7.20. The van der Waals surface area contributed by atoms with E-state index in [2.05, 4.69) is 36.1 Å². The summed E-state index contributed by atoms with van der Waals surface area (Å²) < 4.78 is 5.72. The van der Waals surface area contributed by atoms with Gasteiger partial charge in [-0.2, -0.15) is 0 Å². The highest BCUT2D eigenvalue weighted by Gasteiger charge is 2.30. The topological polar surface area (TPSA) is 32.7 Å². The molecule has 1 fully saturated rings. The number of ether oxygens (including phenoxy) is 1. The summed E-state index contributed by atoms with van der Waals surface area (Å²) >= 11 is 0. The molecule has 1 N–H and O–H groups in total. The molecule has 1 aromatic carbocycles. The third-order valence-electron chi connectivity index (χ3n) is 2.78. The second-order valence-corrected chi connectivity index (χ2v) is 4.14. The smallest absolute Gasteiger partial charge is 0.137 e. The van der Waals surface area contributed by atoms with E-state index in [0.29, 0.717) is 0 Å². The van der Waals surface area contributed by atoms with Crippen LogP contribution in [-0.4, -0.2) is 36.3 Å². The number of rotatable bonds is 2. The van der Waals surface area contributed by atoms with E-state index in [-0.39, 0.29) is 18.9 Å². The average Bonchev–Trinajstić information content (AvgIpc) is 2.61. The highest BCUT2D eigenvalue weighted by molar-refractivity contribution is 5.23. The van der Waals surface area contributed by atoms with Crippen LogP contribution < -0.4 is 0 Å². The van der Waals surface area contributed by atoms with Crippen molar-refractivity contribution in [3.63, 3.8) is 0 Å². The number of benzene rings is 1. The Morgan fingerprint density at radius 3 is 2.60 bits per heavy atom. The van der Waals surface area contributed by atoms with Gasteiger partial charge in [0.1, 0.15) is 6.23 Å². The maximum atomic E-state index is 9.04. The van der Waals surface area contributed by atoms with E-state index in [1.54, 1.807) is 0 Å². The Kier molecular flexibility index (Phi) is 3.05. The van der Waals surface area contributed by atoms with Crippen molar-refractivity contribution in [3.8, 4) is 0 Å². The first kappa shape index (κ1) is 10.6. The molecule has 0 spiro atoms. The van der Waals surface area contributed by atoms with E-state index >= 15 is 0 Å². The van der Waals surface area contributed by atoms with Crippen molar-refractivity contribution in [1.29, 1.82) is 0 Å². The zero-order valence-electron chi connectivity index (χ0n) is 9.18. The molecule has 82 valence electrons. The Bertz CT molecular complexity index is 323. The second kappa shape index (κ2) is 4.31. The summed E-state index contributed by atoms with van der Waals surface area (Å²) in [7, 11) is 2.01. The molecule has 3 heteroatoms. The molecule has 0 aliphatic carbocycles. The Morgan fingerprint density at radius 2 is 2.07 bits per heavy atom. The molecule has 15 heavy (non-hydrogen) atoms. The van der Waals surface area contributed by atoms with Gasteiger partial charge < -0.3 is 9.84 Å². The Hall–Kier alpha value is -0.900. The van der Waals surface area contributed by atoms with Crippen molar-refractivity contribution in [2.75, 3.05) is 20.2 Å². The van der Waals surface area contributed by atoms with Gasteiger partial charge in [0.25, 0.3) is 0 Å². The van der Waals surface area contributed by atoms with Crippen molar-refractivity contribution in [2.24, 2.45) is 0 Å². The zero-order chi connectivity index (χ0) is 10.8. The van der Waals surface area contributed by atoms with E-state index in [4.69, 9.17) is 9.84 Å². The van der Waals surface area contributed by atoms with Gasteiger partial charge in [-0.25, -0.2) is 0 Å². The second-order valence-electron chi connectivity index (χ2n) is 4.14. The summed E-state index contributed by atoms with van der Waals surface area (Å²) in [6.45, 7) is 2.95. The highest BCUT2D eigenvalue weighted by Crippen LogP contribution is 2.28. The van der Waals surface area contributed by atoms with Crippen LogP contribution >= 0.6 is 0 Å². The van der Waals surface area contributed by atoms with Crippen LogP contribution in [0, 0.1) is 6.92 Å². The minimum atomic E-state index is -0.0543. The van der Waals surface area contributed by atoms with E-state index in [0.717, 1.165) is 12.1 Å². The zero-order valence-corrected chi connectivity index (χ0v) is 9.18. The van der Waals surface area contributed by atoms with Gasteiger partial charge in [-0.3, -0.25) is 4.90 Å². The van der Waals surface area contributed by atoms with Gasteiger partial charge in [0.05, 0.1) is 12.7 Å². The number of likely N-dealkylation sites (N-methyl/N-ethyl adjacent to an activating group) is 1. The number of aliphatic hydroxyl groups excluding tert-OH is 1. The van der Waals surface area contributed by atoms with Gasteiger partial charge in [-0.15, -0.1) is 0 Å². The summed E-state index contributed by atoms with van der Waals surface area (Å²) in [5.74, 6) is 0. The molecular formula is C12H17NO2. The number of hydrogen-bond donors (Lipinski definition) is 1. The van der Waals surface area contributed by atoms with Crippen LogP contribution in [0.1, 0.15) is 17.4 Å². The third-order valence-corrected chi connectivity index (χ3v) is 2.78. The minimum Gasteiger partial charge on any atom is -0.394 e. The summed E-state index contributed by atoms with van der Waals surface area (Å²) in [4.78, 5) is 2.12. The normalized spacial score (nSPS) is 27.1. The van der Waals surface area contributed by atoms with Crippen molar-refractivity contribution in [2.45, 2.75) is 19.3 Å². The number of aliphatic hydroxyl groups is 1. The highest BCUT2D eigenvalue weighted by atomic mass is 16.5. The molecule has 2 atom stereocenters. The van der Waals surface area contributed by atoms with Gasteiger partial charge in [-0.05, 0) is 19.5 Å². The van der Waals surface area contributed by atoms with E-state index < -0.39 is 0 Å². The lowest BCUT2D eigenvalue weighted by atomic mass is 10.1. The molecule has 0 aromatic heterocycles. The van der Waals surface area contributed by atoms with Crippen LogP contribution in [0.3, 0.4) is 0 Å². The molecule has 1 saturated heterocycles. The fourth-order valence-electron chi connectivity index (χ4n) is 1.91. The SMILES string of the molecule is Cc1ccc(C2OC(CO)CN2C)cc1. The van der Waals surface area contributed by atoms with Crippen molar-refractivity contribution >= 4 is 0 Å². The van der Waals surface area contributed by atoms with E-state index in [1.807, 2.05) is 7.05 Å². The molecule has 2 unspecified atom stereocenters. The monoisotopic (exact) mass is 207 g/mol. The van der Waals surface area contributed by atoms with Crippen molar-refractivity contribution < 1.29 is 9.84 Å². The Balaban J connectivity index is 2.14. The lowest BCUT2D eigenvalue weighted by Crippen LogP contribution is -2.20. The fraction of sp³-hybridized carbons (Fsp3) is 0.500. The molecule has 1 aliphatic heterocycles. The van der Waals surface area contributed by atoms with Crippen LogP contribution in [-0.2, 0) is 4.74 Å². The Morgan fingerprint density at radius 1 is 1.40 bits per heavy atom. The van der Waals surface area contributed by atoms with Crippen LogP contribution in [0.4, 0.5) is 0 Å². The number of aryl methyl sites for hydroxylation is 1. The van der Waals surface area contributed by atoms with E-state index in [9.17, 15) is 0 Å². The van der Waals surface area contributed by atoms with Gasteiger partial charge in [0, 0.05) is 6.54 Å². The molecular weight excluding hydrogens is 190 g/mol. The average molecular weight is 207 g/mol. The molecule has 1 heterocycles. The molecule has 0 bridgehead atoms. The quantitative estimate of drug-likeness (QED) is 0.793. The summed E-state index contributed by atoms with van der Waals surface area (Å²) in [6.07, 6.45) is -0.0657. The van der Waals surface area contributed by atoms with Gasteiger partial charge in [-0.1, -0.05) is 29.8 Å². The summed E-state index contributed by atoms with van der Waals surface area (Å²) in [6, 6.07) is 8.32. The predicted octanol–water partition coefficient (Wildman–Crippen LogP) is 1.32. The maximum Gasteiger partial charge on any atom is 0.137 e. The van der Waals surface area contributed by atoms with Crippen molar-refractivity contribution in [1.82, 2.24) is 4.90 Å². The molecule has 0 amide bonds. The molecule has 0 saturated carbocycles. The summed E-state index contributed by atoms with van der Waals surface area (Å²) in [5, 5.41) is 9.04. The largest absolute Gasteiger partial charge is 0.394 e. The van der Waals surface area contributed by atoms with Gasteiger partial charge in [0.2, 0.25) is 0 Å². The van der Waals surface area contributed by atoms with Gasteiger partial charge >= 0.3 is 0 Å². The van der Waals surface area contributed by atoms with Crippen LogP contribution in [0.2, 0.25) is 0 Å². The first-order valence-corrected chi connectivity index (χ1v) is 5.24. The fourth-order valence-corrected chi connectivity index (χ4v) is 1.91. The van der Waals surface area contributed by atoms with Gasteiger partial charge in [0.15, 0.2) is 0 Å². The molecule has 2 rings (SSSR count). The van der Waals surface area contributed by atoms with Crippen molar-refractivity contribution in [3.05, 3.63) is 35.4 Å². The predicted molar refractivity (Wildman–Crippen MR) is 58.5 cm³/mol. The summed E-state index contributed by atoms with van der Waals surface area (Å²) in [5.41, 5.74) is 2.40. The standard InChI is InChI=1S/C12H17NO2/c1-9-3-5-10(6-4-9)12-13(2)7-11(8-14)15-12/h3-6,11-12,14H,7-8H2,1-2H3. The lowest BCUT2D eigenvalue weighted by molar-refractivity contribution is -0.0139. The third kappa shape index (κ3) is 2.20. The number of hydrogen-bond acceptors (Lipinski definition) is 3. The molecule has 1 aromatic rings. The first-order valence-electron chi connectivity index (χ1n) is 5.24. The number of nitrogens with zero attached hydrogens (tertiary/aromatic N) is 1. The minimum absolute atomic E-state index is 0.0113. The maximum absolute atomic E-state index is 9.04. The molecule has 3 nitrogen and oxygen atoms in total. The molecule has 1 aliphatic rings.